The van der Waals surface area contributed by atoms with Gasteiger partial charge in [-0.3, -0.25) is 0 Å². The lowest BCUT2D eigenvalue weighted by atomic mass is 10.3. The average molecular weight is 101 g/mol. The monoisotopic (exact) mass is 101 g/mol. The first-order valence-electron chi connectivity index (χ1n) is 2.69. The normalized spacial score (nSPS) is 27.9. The molecule has 1 atom stereocenters. The fourth-order valence-electron chi connectivity index (χ4n) is 0.540. The third-order valence-corrected chi connectivity index (χ3v) is 1.12. The van der Waals surface area contributed by atoms with Gasteiger partial charge in [0.2, 0.25) is 0 Å². The van der Waals surface area contributed by atoms with Crippen LogP contribution in [0.1, 0.15) is 6.42 Å². The van der Waals surface area contributed by atoms with E-state index in [1.807, 2.05) is 7.05 Å². The first-order chi connectivity index (χ1) is 3.43. The molecule has 0 aromatic rings. The molecular weight excluding hydrogens is 90.1 g/mol. The zero-order valence-corrected chi connectivity index (χ0v) is 4.61. The van der Waals surface area contributed by atoms with Gasteiger partial charge in [-0.2, -0.15) is 0 Å². The maximum Gasteiger partial charge on any atom is 0.0822 e. The predicted octanol–water partition coefficient (Wildman–Crippen LogP) is -0.00530. The average Bonchev–Trinajstić information content (AvgIpc) is 2.42. The minimum atomic E-state index is 0.590. The summed E-state index contributed by atoms with van der Waals surface area (Å²) in [6.07, 6.45) is 1.77. The van der Waals surface area contributed by atoms with E-state index in [0.717, 1.165) is 13.2 Å². The third-order valence-electron chi connectivity index (χ3n) is 1.12. The summed E-state index contributed by atoms with van der Waals surface area (Å²) in [5, 5.41) is 3.06. The minimum Gasteiger partial charge on any atom is -0.373 e. The molecule has 2 nitrogen and oxygen atoms in total. The first-order valence-corrected chi connectivity index (χ1v) is 2.69. The van der Waals surface area contributed by atoms with Gasteiger partial charge in [-0.25, -0.2) is 0 Å². The highest BCUT2D eigenvalue weighted by Crippen LogP contribution is 2.11. The van der Waals surface area contributed by atoms with Crippen LogP contribution < -0.4 is 5.32 Å². The van der Waals surface area contributed by atoms with Gasteiger partial charge in [0.15, 0.2) is 0 Å². The molecule has 0 aromatic carbocycles. The Balaban J connectivity index is 1.80. The summed E-state index contributed by atoms with van der Waals surface area (Å²) in [6.45, 7) is 2.08. The van der Waals surface area contributed by atoms with Crippen molar-refractivity contribution in [3.8, 4) is 0 Å². The summed E-state index contributed by atoms with van der Waals surface area (Å²) in [5.41, 5.74) is 0. The Bertz CT molecular complexity index is 52.0. The van der Waals surface area contributed by atoms with Gasteiger partial charge in [0.25, 0.3) is 0 Å². The highest BCUT2D eigenvalue weighted by molar-refractivity contribution is 4.68. The Morgan fingerprint density at radius 1 is 1.86 bits per heavy atom. The smallest absolute Gasteiger partial charge is 0.0822 e. The molecule has 1 unspecified atom stereocenters. The molecule has 1 rings (SSSR count). The van der Waals surface area contributed by atoms with E-state index < -0.39 is 0 Å². The van der Waals surface area contributed by atoms with Crippen LogP contribution in [-0.2, 0) is 4.74 Å². The summed E-state index contributed by atoms with van der Waals surface area (Å²) in [5.74, 6) is 0. The van der Waals surface area contributed by atoms with Crippen LogP contribution in [0, 0.1) is 0 Å². The maximum atomic E-state index is 4.97. The second-order valence-electron chi connectivity index (χ2n) is 1.85. The second kappa shape index (κ2) is 2.28. The number of ether oxygens (including phenoxy) is 1. The molecule has 0 saturated carbocycles. The Morgan fingerprint density at radius 3 is 3.00 bits per heavy atom. The number of hydrogen-bond donors (Lipinski definition) is 1. The van der Waals surface area contributed by atoms with E-state index in [-0.39, 0.29) is 0 Å². The standard InChI is InChI=1S/C5H11NO/c1-6-3-2-5-4-7-5/h5-6H,2-4H2,1H3. The number of nitrogens with one attached hydrogen (secondary N) is 1. The van der Waals surface area contributed by atoms with Gasteiger partial charge in [0, 0.05) is 0 Å². The van der Waals surface area contributed by atoms with Gasteiger partial charge in [-0.1, -0.05) is 0 Å². The number of epoxide rings is 1. The molecule has 0 aliphatic carbocycles. The molecule has 0 aromatic heterocycles. The molecule has 0 amide bonds. The molecule has 2 heteroatoms. The van der Waals surface area contributed by atoms with Crippen molar-refractivity contribution < 1.29 is 4.74 Å². The van der Waals surface area contributed by atoms with Gasteiger partial charge in [0.05, 0.1) is 12.7 Å². The van der Waals surface area contributed by atoms with Crippen molar-refractivity contribution in [1.29, 1.82) is 0 Å². The Morgan fingerprint density at radius 2 is 2.57 bits per heavy atom. The van der Waals surface area contributed by atoms with Crippen LogP contribution in [0.25, 0.3) is 0 Å². The molecule has 1 saturated heterocycles. The van der Waals surface area contributed by atoms with Crippen LogP contribution in [0.3, 0.4) is 0 Å². The summed E-state index contributed by atoms with van der Waals surface area (Å²) in [6, 6.07) is 0. The lowest BCUT2D eigenvalue weighted by Crippen LogP contribution is -2.09. The summed E-state index contributed by atoms with van der Waals surface area (Å²) in [4.78, 5) is 0. The maximum absolute atomic E-state index is 4.97. The topological polar surface area (TPSA) is 24.6 Å². The van der Waals surface area contributed by atoms with E-state index in [1.165, 1.54) is 6.42 Å². The van der Waals surface area contributed by atoms with E-state index in [0.29, 0.717) is 6.10 Å². The third kappa shape index (κ3) is 1.90. The highest BCUT2D eigenvalue weighted by atomic mass is 16.6. The number of rotatable bonds is 3. The van der Waals surface area contributed by atoms with Crippen LogP contribution in [0.5, 0.6) is 0 Å². The minimum absolute atomic E-state index is 0.590. The molecular formula is C5H11NO. The van der Waals surface area contributed by atoms with Crippen molar-refractivity contribution in [3.63, 3.8) is 0 Å². The molecule has 0 spiro atoms. The van der Waals surface area contributed by atoms with Gasteiger partial charge in [-0.15, -0.1) is 0 Å². The van der Waals surface area contributed by atoms with Crippen molar-refractivity contribution in [2.24, 2.45) is 0 Å². The van der Waals surface area contributed by atoms with Crippen LogP contribution in [-0.4, -0.2) is 26.3 Å². The van der Waals surface area contributed by atoms with E-state index in [2.05, 4.69) is 5.32 Å². The molecule has 1 N–H and O–H groups in total. The lowest BCUT2D eigenvalue weighted by molar-refractivity contribution is 0.394. The van der Waals surface area contributed by atoms with E-state index >= 15 is 0 Å². The second-order valence-corrected chi connectivity index (χ2v) is 1.85. The quantitative estimate of drug-likeness (QED) is 0.506. The molecule has 1 aliphatic rings. The van der Waals surface area contributed by atoms with Crippen molar-refractivity contribution >= 4 is 0 Å². The zero-order valence-electron chi connectivity index (χ0n) is 4.61. The number of hydrogen-bond acceptors (Lipinski definition) is 2. The molecule has 0 bridgehead atoms. The van der Waals surface area contributed by atoms with E-state index in [1.54, 1.807) is 0 Å². The summed E-state index contributed by atoms with van der Waals surface area (Å²) < 4.78 is 4.97. The van der Waals surface area contributed by atoms with Crippen molar-refractivity contribution in [1.82, 2.24) is 5.32 Å². The fourth-order valence-corrected chi connectivity index (χ4v) is 0.540. The molecule has 0 radical (unpaired) electrons. The lowest BCUT2D eigenvalue weighted by Gasteiger charge is -1.89. The first kappa shape index (κ1) is 5.06. The van der Waals surface area contributed by atoms with Gasteiger partial charge >= 0.3 is 0 Å². The zero-order chi connectivity index (χ0) is 5.11. The van der Waals surface area contributed by atoms with Crippen LogP contribution in [0.2, 0.25) is 0 Å². The largest absolute Gasteiger partial charge is 0.373 e. The molecule has 1 fully saturated rings. The van der Waals surface area contributed by atoms with Crippen molar-refractivity contribution in [2.45, 2.75) is 12.5 Å². The van der Waals surface area contributed by atoms with E-state index in [9.17, 15) is 0 Å². The molecule has 42 valence electrons. The molecule has 1 heterocycles. The van der Waals surface area contributed by atoms with Crippen LogP contribution in [0.4, 0.5) is 0 Å². The van der Waals surface area contributed by atoms with Gasteiger partial charge in [0.1, 0.15) is 0 Å². The predicted molar refractivity (Wildman–Crippen MR) is 28.3 cm³/mol. The fraction of sp³-hybridized carbons (Fsp3) is 1.00. The molecule has 1 aliphatic heterocycles. The van der Waals surface area contributed by atoms with Gasteiger partial charge < -0.3 is 10.1 Å². The van der Waals surface area contributed by atoms with Crippen LogP contribution >= 0.6 is 0 Å². The van der Waals surface area contributed by atoms with Crippen LogP contribution in [0.15, 0.2) is 0 Å². The van der Waals surface area contributed by atoms with E-state index in [4.69, 9.17) is 4.74 Å². The highest BCUT2D eigenvalue weighted by Gasteiger charge is 2.20. The Hall–Kier alpha value is -0.0800. The van der Waals surface area contributed by atoms with Gasteiger partial charge in [-0.05, 0) is 20.0 Å². The molecule has 7 heavy (non-hydrogen) atoms. The SMILES string of the molecule is CNCCC1CO1. The summed E-state index contributed by atoms with van der Waals surface area (Å²) in [7, 11) is 1.96. The van der Waals surface area contributed by atoms with Crippen molar-refractivity contribution in [3.05, 3.63) is 0 Å². The van der Waals surface area contributed by atoms with Crippen molar-refractivity contribution in [2.75, 3.05) is 20.2 Å². The Labute approximate surface area is 43.9 Å². The Kier molecular flexibility index (Phi) is 1.65. The summed E-state index contributed by atoms with van der Waals surface area (Å²) >= 11 is 0.